The first kappa shape index (κ1) is 17.1. The zero-order valence-electron chi connectivity index (χ0n) is 14.1. The van der Waals surface area contributed by atoms with Crippen LogP contribution in [0.4, 0.5) is 0 Å². The third-order valence-electron chi connectivity index (χ3n) is 4.01. The fourth-order valence-electron chi connectivity index (χ4n) is 2.83. The molecule has 0 saturated carbocycles. The summed E-state index contributed by atoms with van der Waals surface area (Å²) in [4.78, 5) is 29.0. The summed E-state index contributed by atoms with van der Waals surface area (Å²) in [5.41, 5.74) is 1.90. The maximum Gasteiger partial charge on any atom is 0.258 e. The van der Waals surface area contributed by atoms with E-state index in [1.54, 1.807) is 51.1 Å². The van der Waals surface area contributed by atoms with E-state index in [0.717, 1.165) is 31.7 Å². The van der Waals surface area contributed by atoms with Gasteiger partial charge in [-0.2, -0.15) is 0 Å². The quantitative estimate of drug-likeness (QED) is 0.295. The van der Waals surface area contributed by atoms with Crippen LogP contribution < -0.4 is 5.56 Å². The highest BCUT2D eigenvalue weighted by atomic mass is 32.2. The van der Waals surface area contributed by atoms with Gasteiger partial charge >= 0.3 is 0 Å². The van der Waals surface area contributed by atoms with E-state index >= 15 is 0 Å². The standard InChI is InChI=1S/C18H12N4OS4/c1-10-19-16(15-12(9-27-17(15)20-10)13-3-2-5-24-13)26-8-11-7-14(23)22-4-6-25-18(22)21-11/h2-7,9H,8H2,1H3. The summed E-state index contributed by atoms with van der Waals surface area (Å²) in [6, 6.07) is 5.78. The van der Waals surface area contributed by atoms with E-state index in [-0.39, 0.29) is 5.56 Å². The van der Waals surface area contributed by atoms with E-state index in [1.165, 1.54) is 21.8 Å². The average Bonchev–Trinajstić information content (AvgIpc) is 3.38. The highest BCUT2D eigenvalue weighted by Crippen LogP contribution is 2.40. The fourth-order valence-corrected chi connectivity index (χ4v) is 6.42. The Morgan fingerprint density at radius 2 is 2.07 bits per heavy atom. The number of thioether (sulfide) groups is 1. The molecule has 5 rings (SSSR count). The number of thiazole rings is 1. The van der Waals surface area contributed by atoms with Crippen molar-refractivity contribution in [2.75, 3.05) is 0 Å². The van der Waals surface area contributed by atoms with Crippen LogP contribution in [0.1, 0.15) is 11.5 Å². The van der Waals surface area contributed by atoms with Crippen LogP contribution in [0.15, 0.2) is 50.4 Å². The second-order valence-electron chi connectivity index (χ2n) is 5.81. The van der Waals surface area contributed by atoms with Gasteiger partial charge in [0.05, 0.1) is 11.1 Å². The zero-order valence-corrected chi connectivity index (χ0v) is 17.3. The minimum Gasteiger partial charge on any atom is -0.269 e. The number of hydrogen-bond donors (Lipinski definition) is 0. The summed E-state index contributed by atoms with van der Waals surface area (Å²) >= 11 is 6.43. The molecule has 0 atom stereocenters. The van der Waals surface area contributed by atoms with Gasteiger partial charge in [-0.1, -0.05) is 17.8 Å². The van der Waals surface area contributed by atoms with E-state index in [1.807, 2.05) is 12.3 Å². The van der Waals surface area contributed by atoms with Gasteiger partial charge in [-0.05, 0) is 18.4 Å². The Bertz CT molecular complexity index is 1320. The number of fused-ring (bicyclic) bond motifs is 2. The van der Waals surface area contributed by atoms with Crippen molar-refractivity contribution in [2.45, 2.75) is 17.7 Å². The number of rotatable bonds is 4. The number of hydrogen-bond acceptors (Lipinski definition) is 8. The van der Waals surface area contributed by atoms with Gasteiger partial charge in [0.1, 0.15) is 15.7 Å². The van der Waals surface area contributed by atoms with Crippen LogP contribution in [0.2, 0.25) is 0 Å². The first-order chi connectivity index (χ1) is 13.2. The molecule has 5 aromatic heterocycles. The van der Waals surface area contributed by atoms with Crippen molar-refractivity contribution in [2.24, 2.45) is 0 Å². The van der Waals surface area contributed by atoms with Crippen LogP contribution >= 0.6 is 45.8 Å². The molecule has 0 aromatic carbocycles. The molecule has 0 fully saturated rings. The molecule has 0 aliphatic rings. The van der Waals surface area contributed by atoms with Crippen molar-refractivity contribution in [1.29, 1.82) is 0 Å². The number of aromatic nitrogens is 4. The predicted molar refractivity (Wildman–Crippen MR) is 114 cm³/mol. The molecule has 0 saturated heterocycles. The van der Waals surface area contributed by atoms with E-state index in [2.05, 4.69) is 37.8 Å². The molecule has 0 spiro atoms. The Hall–Kier alpha value is -2.07. The van der Waals surface area contributed by atoms with E-state index in [9.17, 15) is 4.79 Å². The lowest BCUT2D eigenvalue weighted by molar-refractivity contribution is 1.01. The fraction of sp³-hybridized carbons (Fsp3) is 0.111. The minimum atomic E-state index is -0.0457. The third kappa shape index (κ3) is 3.10. The van der Waals surface area contributed by atoms with Crippen LogP contribution in [0.5, 0.6) is 0 Å². The van der Waals surface area contributed by atoms with Crippen molar-refractivity contribution in [1.82, 2.24) is 19.4 Å². The molecule has 5 aromatic rings. The van der Waals surface area contributed by atoms with Gasteiger partial charge in [-0.15, -0.1) is 34.0 Å². The number of nitrogens with zero attached hydrogens (tertiary/aromatic N) is 4. The first-order valence-corrected chi connectivity index (χ1v) is 11.7. The molecule has 0 aliphatic carbocycles. The van der Waals surface area contributed by atoms with Crippen molar-refractivity contribution in [3.05, 3.63) is 62.4 Å². The summed E-state index contributed by atoms with van der Waals surface area (Å²) < 4.78 is 1.57. The molecule has 27 heavy (non-hydrogen) atoms. The molecule has 0 radical (unpaired) electrons. The molecule has 0 bridgehead atoms. The Labute approximate surface area is 170 Å². The van der Waals surface area contributed by atoms with Crippen LogP contribution in [-0.2, 0) is 5.75 Å². The maximum absolute atomic E-state index is 12.2. The van der Waals surface area contributed by atoms with Gasteiger partial charge in [-0.3, -0.25) is 9.20 Å². The predicted octanol–water partition coefficient (Wildman–Crippen LogP) is 5.09. The summed E-state index contributed by atoms with van der Waals surface area (Å²) in [5.74, 6) is 1.35. The van der Waals surface area contributed by atoms with E-state index in [4.69, 9.17) is 0 Å². The van der Waals surface area contributed by atoms with Crippen LogP contribution in [0.25, 0.3) is 25.6 Å². The number of thiophene rings is 2. The molecule has 5 heterocycles. The lowest BCUT2D eigenvalue weighted by atomic mass is 10.2. The first-order valence-electron chi connectivity index (χ1n) is 8.07. The lowest BCUT2D eigenvalue weighted by Gasteiger charge is -2.06. The summed E-state index contributed by atoms with van der Waals surface area (Å²) in [5, 5.41) is 8.13. The summed E-state index contributed by atoms with van der Waals surface area (Å²) in [6.45, 7) is 1.91. The lowest BCUT2D eigenvalue weighted by Crippen LogP contribution is -2.12. The SMILES string of the molecule is Cc1nc(SCc2cc(=O)n3ccsc3n2)c2c(-c3cccs3)csc2n1. The molecule has 0 N–H and O–H groups in total. The highest BCUT2D eigenvalue weighted by molar-refractivity contribution is 7.98. The zero-order chi connectivity index (χ0) is 18.4. The molecule has 134 valence electrons. The topological polar surface area (TPSA) is 60.2 Å². The van der Waals surface area contributed by atoms with Crippen molar-refractivity contribution < 1.29 is 0 Å². The Morgan fingerprint density at radius 3 is 2.93 bits per heavy atom. The van der Waals surface area contributed by atoms with Crippen LogP contribution in [0.3, 0.4) is 0 Å². The Balaban J connectivity index is 1.55. The van der Waals surface area contributed by atoms with Crippen LogP contribution in [0, 0.1) is 6.92 Å². The molecule has 5 nitrogen and oxygen atoms in total. The molecule has 9 heteroatoms. The second kappa shape index (κ2) is 6.83. The van der Waals surface area contributed by atoms with Crippen molar-refractivity contribution in [3.63, 3.8) is 0 Å². The molecule has 0 unspecified atom stereocenters. The molecule has 0 amide bonds. The normalized spacial score (nSPS) is 11.6. The Morgan fingerprint density at radius 1 is 1.15 bits per heavy atom. The Kier molecular flexibility index (Phi) is 4.31. The second-order valence-corrected chi connectivity index (χ2v) is 9.46. The van der Waals surface area contributed by atoms with Gasteiger partial charge < -0.3 is 0 Å². The van der Waals surface area contributed by atoms with Gasteiger partial charge in [0.2, 0.25) is 0 Å². The molecular weight excluding hydrogens is 416 g/mol. The summed E-state index contributed by atoms with van der Waals surface area (Å²) in [6.07, 6.45) is 1.75. The third-order valence-corrected chi connectivity index (χ3v) is 7.55. The minimum absolute atomic E-state index is 0.0457. The summed E-state index contributed by atoms with van der Waals surface area (Å²) in [7, 11) is 0. The van der Waals surface area contributed by atoms with E-state index in [0.29, 0.717) is 5.75 Å². The molecule has 0 aliphatic heterocycles. The van der Waals surface area contributed by atoms with Crippen LogP contribution in [-0.4, -0.2) is 19.4 Å². The van der Waals surface area contributed by atoms with Gasteiger partial charge in [0.15, 0.2) is 4.96 Å². The monoisotopic (exact) mass is 428 g/mol. The number of aryl methyl sites for hydroxylation is 1. The van der Waals surface area contributed by atoms with Crippen molar-refractivity contribution in [3.8, 4) is 10.4 Å². The van der Waals surface area contributed by atoms with Crippen molar-refractivity contribution >= 4 is 60.9 Å². The van der Waals surface area contributed by atoms with Gasteiger partial charge in [0, 0.05) is 39.2 Å². The van der Waals surface area contributed by atoms with Gasteiger partial charge in [-0.25, -0.2) is 15.0 Å². The average molecular weight is 429 g/mol. The largest absolute Gasteiger partial charge is 0.269 e. The maximum atomic E-state index is 12.2. The van der Waals surface area contributed by atoms with E-state index < -0.39 is 0 Å². The van der Waals surface area contributed by atoms with Gasteiger partial charge in [0.25, 0.3) is 5.56 Å². The highest BCUT2D eigenvalue weighted by Gasteiger charge is 2.16. The smallest absolute Gasteiger partial charge is 0.258 e. The molecular formula is C18H12N4OS4.